The molecule has 0 amide bonds. The molecule has 2 unspecified atom stereocenters. The van der Waals surface area contributed by atoms with Gasteiger partial charge in [-0.2, -0.15) is 13.2 Å². The van der Waals surface area contributed by atoms with E-state index < -0.39 is 11.7 Å². The summed E-state index contributed by atoms with van der Waals surface area (Å²) in [5.74, 6) is 0. The van der Waals surface area contributed by atoms with E-state index in [4.69, 9.17) is 11.5 Å². The quantitative estimate of drug-likeness (QED) is 0.862. The van der Waals surface area contributed by atoms with Crippen LogP contribution in [0.25, 0.3) is 0 Å². The van der Waals surface area contributed by atoms with E-state index in [9.17, 15) is 13.2 Å². The molecule has 0 aliphatic heterocycles. The van der Waals surface area contributed by atoms with Gasteiger partial charge in [-0.15, -0.1) is 0 Å². The van der Waals surface area contributed by atoms with E-state index in [1.165, 1.54) is 11.6 Å². The van der Waals surface area contributed by atoms with Crippen molar-refractivity contribution in [2.24, 2.45) is 11.5 Å². The molecule has 0 saturated carbocycles. The first-order valence-electron chi connectivity index (χ1n) is 6.95. The standard InChI is InChI=1S/C9H10F3N.C8H11N/c1-6(13)7-3-2-4-8(5-7)9(10,11)12;1-7(9)8-5-3-2-4-6-8/h2-6H,13H2,1H3;2-7H,9H2,1H3. The molecular formula is C17H21F3N2. The Kier molecular flexibility index (Phi) is 6.59. The van der Waals surface area contributed by atoms with Crippen molar-refractivity contribution in [1.29, 1.82) is 0 Å². The van der Waals surface area contributed by atoms with Crippen LogP contribution in [0.2, 0.25) is 0 Å². The molecule has 2 nitrogen and oxygen atoms in total. The molecule has 0 spiro atoms. The minimum atomic E-state index is -4.29. The Hall–Kier alpha value is -1.85. The maximum absolute atomic E-state index is 12.2. The van der Waals surface area contributed by atoms with Crippen molar-refractivity contribution in [2.45, 2.75) is 32.1 Å². The minimum absolute atomic E-state index is 0.159. The van der Waals surface area contributed by atoms with E-state index in [-0.39, 0.29) is 12.1 Å². The van der Waals surface area contributed by atoms with Crippen LogP contribution in [-0.4, -0.2) is 0 Å². The molecule has 5 heteroatoms. The predicted molar refractivity (Wildman–Crippen MR) is 83.1 cm³/mol. The Morgan fingerprint density at radius 3 is 1.68 bits per heavy atom. The summed E-state index contributed by atoms with van der Waals surface area (Å²) in [5.41, 5.74) is 12.1. The maximum atomic E-state index is 12.2. The van der Waals surface area contributed by atoms with Gasteiger partial charge in [0.1, 0.15) is 0 Å². The molecule has 0 aliphatic carbocycles. The summed E-state index contributed by atoms with van der Waals surface area (Å²) in [4.78, 5) is 0. The normalized spacial score (nSPS) is 13.8. The zero-order chi connectivity index (χ0) is 16.8. The Bertz CT molecular complexity index is 564. The van der Waals surface area contributed by atoms with Crippen LogP contribution in [0, 0.1) is 0 Å². The van der Waals surface area contributed by atoms with Crippen LogP contribution in [0.15, 0.2) is 54.6 Å². The molecular weight excluding hydrogens is 289 g/mol. The van der Waals surface area contributed by atoms with Gasteiger partial charge in [-0.05, 0) is 37.1 Å². The molecule has 0 heterocycles. The van der Waals surface area contributed by atoms with E-state index in [1.54, 1.807) is 13.0 Å². The molecule has 0 saturated heterocycles. The minimum Gasteiger partial charge on any atom is -0.324 e. The highest BCUT2D eigenvalue weighted by Crippen LogP contribution is 2.30. The van der Waals surface area contributed by atoms with Crippen LogP contribution in [0.4, 0.5) is 13.2 Å². The molecule has 0 bridgehead atoms. The number of nitrogens with two attached hydrogens (primary N) is 2. The highest BCUT2D eigenvalue weighted by Gasteiger charge is 2.30. The highest BCUT2D eigenvalue weighted by molar-refractivity contribution is 5.27. The third-order valence-corrected chi connectivity index (χ3v) is 3.07. The second-order valence-corrected chi connectivity index (χ2v) is 5.11. The second-order valence-electron chi connectivity index (χ2n) is 5.11. The highest BCUT2D eigenvalue weighted by atomic mass is 19.4. The number of alkyl halides is 3. The number of rotatable bonds is 2. The number of benzene rings is 2. The molecule has 2 aromatic rings. The Balaban J connectivity index is 0.000000235. The Morgan fingerprint density at radius 1 is 0.773 bits per heavy atom. The lowest BCUT2D eigenvalue weighted by atomic mass is 10.1. The topological polar surface area (TPSA) is 52.0 Å². The van der Waals surface area contributed by atoms with E-state index in [2.05, 4.69) is 0 Å². The smallest absolute Gasteiger partial charge is 0.324 e. The molecule has 120 valence electrons. The first-order chi connectivity index (χ1) is 10.2. The van der Waals surface area contributed by atoms with E-state index >= 15 is 0 Å². The largest absolute Gasteiger partial charge is 0.416 e. The second kappa shape index (κ2) is 7.96. The lowest BCUT2D eigenvalue weighted by Gasteiger charge is -2.10. The van der Waals surface area contributed by atoms with E-state index in [0.717, 1.165) is 12.1 Å². The van der Waals surface area contributed by atoms with Crippen molar-refractivity contribution in [1.82, 2.24) is 0 Å². The lowest BCUT2D eigenvalue weighted by molar-refractivity contribution is -0.137. The first kappa shape index (κ1) is 18.2. The summed E-state index contributed by atoms with van der Waals surface area (Å²) in [6, 6.07) is 14.9. The van der Waals surface area contributed by atoms with Gasteiger partial charge in [0.15, 0.2) is 0 Å². The summed E-state index contributed by atoms with van der Waals surface area (Å²) >= 11 is 0. The van der Waals surface area contributed by atoms with E-state index in [0.29, 0.717) is 5.56 Å². The Morgan fingerprint density at radius 2 is 1.27 bits per heavy atom. The fourth-order valence-corrected chi connectivity index (χ4v) is 1.75. The lowest BCUT2D eigenvalue weighted by Crippen LogP contribution is -2.09. The summed E-state index contributed by atoms with van der Waals surface area (Å²) in [7, 11) is 0. The molecule has 2 rings (SSSR count). The van der Waals surface area contributed by atoms with Crippen molar-refractivity contribution < 1.29 is 13.2 Å². The summed E-state index contributed by atoms with van der Waals surface area (Å²) < 4.78 is 36.6. The number of halogens is 3. The fraction of sp³-hybridized carbons (Fsp3) is 0.294. The zero-order valence-electron chi connectivity index (χ0n) is 12.6. The van der Waals surface area contributed by atoms with Gasteiger partial charge in [-0.25, -0.2) is 0 Å². The van der Waals surface area contributed by atoms with Crippen molar-refractivity contribution in [2.75, 3.05) is 0 Å². The summed E-state index contributed by atoms with van der Waals surface area (Å²) in [5, 5.41) is 0. The van der Waals surface area contributed by atoms with Gasteiger partial charge >= 0.3 is 6.18 Å². The zero-order valence-corrected chi connectivity index (χ0v) is 12.6. The number of hydrogen-bond acceptors (Lipinski definition) is 2. The van der Waals surface area contributed by atoms with Gasteiger partial charge in [0.05, 0.1) is 5.56 Å². The van der Waals surface area contributed by atoms with Crippen molar-refractivity contribution in [3.8, 4) is 0 Å². The fourth-order valence-electron chi connectivity index (χ4n) is 1.75. The van der Waals surface area contributed by atoms with Crippen LogP contribution in [0.5, 0.6) is 0 Å². The molecule has 0 aromatic heterocycles. The molecule has 4 N–H and O–H groups in total. The van der Waals surface area contributed by atoms with Gasteiger partial charge in [-0.1, -0.05) is 42.5 Å². The van der Waals surface area contributed by atoms with Gasteiger partial charge in [-0.3, -0.25) is 0 Å². The van der Waals surface area contributed by atoms with Crippen LogP contribution in [0.3, 0.4) is 0 Å². The average molecular weight is 310 g/mol. The SMILES string of the molecule is CC(N)c1cccc(C(F)(F)F)c1.CC(N)c1ccccc1. The van der Waals surface area contributed by atoms with Gasteiger partial charge in [0, 0.05) is 12.1 Å². The van der Waals surface area contributed by atoms with Crippen molar-refractivity contribution in [3.63, 3.8) is 0 Å². The van der Waals surface area contributed by atoms with Crippen molar-refractivity contribution in [3.05, 3.63) is 71.3 Å². The Labute approximate surface area is 128 Å². The number of hydrogen-bond donors (Lipinski definition) is 2. The average Bonchev–Trinajstić information content (AvgIpc) is 2.48. The third kappa shape index (κ3) is 5.87. The predicted octanol–water partition coefficient (Wildman–Crippen LogP) is 4.43. The van der Waals surface area contributed by atoms with Crippen molar-refractivity contribution >= 4 is 0 Å². The molecule has 22 heavy (non-hydrogen) atoms. The third-order valence-electron chi connectivity index (χ3n) is 3.07. The molecule has 2 aromatic carbocycles. The first-order valence-corrected chi connectivity index (χ1v) is 6.95. The van der Waals surface area contributed by atoms with Gasteiger partial charge < -0.3 is 11.5 Å². The summed E-state index contributed by atoms with van der Waals surface area (Å²) in [6.07, 6.45) is -4.29. The monoisotopic (exact) mass is 310 g/mol. The molecule has 0 radical (unpaired) electrons. The summed E-state index contributed by atoms with van der Waals surface area (Å²) in [6.45, 7) is 3.63. The molecule has 0 aliphatic rings. The van der Waals surface area contributed by atoms with Crippen LogP contribution >= 0.6 is 0 Å². The molecule has 2 atom stereocenters. The van der Waals surface area contributed by atoms with Crippen LogP contribution in [-0.2, 0) is 6.18 Å². The maximum Gasteiger partial charge on any atom is 0.416 e. The molecule has 0 fully saturated rings. The van der Waals surface area contributed by atoms with Gasteiger partial charge in [0.25, 0.3) is 0 Å². The van der Waals surface area contributed by atoms with Crippen LogP contribution in [0.1, 0.15) is 42.6 Å². The van der Waals surface area contributed by atoms with Gasteiger partial charge in [0.2, 0.25) is 0 Å². The van der Waals surface area contributed by atoms with Crippen LogP contribution < -0.4 is 11.5 Å². The van der Waals surface area contributed by atoms with E-state index in [1.807, 2.05) is 37.3 Å².